The van der Waals surface area contributed by atoms with Crippen LogP contribution in [0.2, 0.25) is 5.02 Å². The molecule has 1 aromatic carbocycles. The fraction of sp³-hybridized carbons (Fsp3) is 0.438. The van der Waals surface area contributed by atoms with E-state index >= 15 is 0 Å². The first-order valence-electron chi connectivity index (χ1n) is 7.15. The Morgan fingerprint density at radius 3 is 2.80 bits per heavy atom. The van der Waals surface area contributed by atoms with Crippen LogP contribution in [-0.4, -0.2) is 16.1 Å². The Bertz CT molecular complexity index is 563. The molecule has 0 radical (unpaired) electrons. The van der Waals surface area contributed by atoms with E-state index in [1.54, 1.807) is 0 Å². The second-order valence-electron chi connectivity index (χ2n) is 4.95. The number of aromatic nitrogens is 2. The summed E-state index contributed by atoms with van der Waals surface area (Å²) >= 11 is 6.25. The molecule has 0 aliphatic carbocycles. The number of hydrogen-bond acceptors (Lipinski definition) is 2. The normalized spacial score (nSPS) is 12.6. The Morgan fingerprint density at radius 2 is 2.15 bits per heavy atom. The Balaban J connectivity index is 2.24. The fourth-order valence-corrected chi connectivity index (χ4v) is 2.57. The van der Waals surface area contributed by atoms with Crippen molar-refractivity contribution < 1.29 is 0 Å². The molecular formula is C16H22ClN3. The summed E-state index contributed by atoms with van der Waals surface area (Å²) in [6, 6.07) is 6.52. The predicted octanol–water partition coefficient (Wildman–Crippen LogP) is 3.76. The third-order valence-corrected chi connectivity index (χ3v) is 3.99. The summed E-state index contributed by atoms with van der Waals surface area (Å²) in [7, 11) is 0. The number of hydrogen-bond donors (Lipinski definition) is 1. The highest BCUT2D eigenvalue weighted by Crippen LogP contribution is 2.23. The first kappa shape index (κ1) is 15.1. The summed E-state index contributed by atoms with van der Waals surface area (Å²) < 4.78 is 2.18. The Labute approximate surface area is 126 Å². The molecule has 3 nitrogen and oxygen atoms in total. The summed E-state index contributed by atoms with van der Waals surface area (Å²) in [4.78, 5) is 4.46. The maximum Gasteiger partial charge on any atom is 0.110 e. The third kappa shape index (κ3) is 3.41. The zero-order chi connectivity index (χ0) is 14.5. The zero-order valence-corrected chi connectivity index (χ0v) is 13.1. The van der Waals surface area contributed by atoms with E-state index in [0.717, 1.165) is 35.9 Å². The lowest BCUT2D eigenvalue weighted by Crippen LogP contribution is -2.24. The topological polar surface area (TPSA) is 29.9 Å². The van der Waals surface area contributed by atoms with Gasteiger partial charge in [0, 0.05) is 36.4 Å². The van der Waals surface area contributed by atoms with Crippen LogP contribution >= 0.6 is 11.6 Å². The molecule has 2 aromatic rings. The van der Waals surface area contributed by atoms with Crippen molar-refractivity contribution in [1.29, 1.82) is 0 Å². The largest absolute Gasteiger partial charge is 0.335 e. The van der Waals surface area contributed by atoms with Gasteiger partial charge in [0.15, 0.2) is 0 Å². The van der Waals surface area contributed by atoms with Crippen molar-refractivity contribution in [2.24, 2.45) is 0 Å². The maximum atomic E-state index is 6.25. The third-order valence-electron chi connectivity index (χ3n) is 3.58. The van der Waals surface area contributed by atoms with E-state index in [-0.39, 0.29) is 6.04 Å². The van der Waals surface area contributed by atoms with Crippen molar-refractivity contribution >= 4 is 11.6 Å². The smallest absolute Gasteiger partial charge is 0.110 e. The molecule has 1 atom stereocenters. The van der Waals surface area contributed by atoms with Gasteiger partial charge in [0.05, 0.1) is 0 Å². The summed E-state index contributed by atoms with van der Waals surface area (Å²) in [5.74, 6) is 1.11. The molecule has 0 aliphatic heterocycles. The average molecular weight is 292 g/mol. The summed E-state index contributed by atoms with van der Waals surface area (Å²) in [6.07, 6.45) is 4.76. The second-order valence-corrected chi connectivity index (χ2v) is 5.36. The number of halogens is 1. The molecule has 0 aliphatic rings. The van der Waals surface area contributed by atoms with Gasteiger partial charge in [-0.25, -0.2) is 4.98 Å². The molecule has 1 unspecified atom stereocenters. The van der Waals surface area contributed by atoms with E-state index in [2.05, 4.69) is 46.9 Å². The van der Waals surface area contributed by atoms with Crippen LogP contribution in [-0.2, 0) is 13.0 Å². The molecule has 0 spiro atoms. The average Bonchev–Trinajstić information content (AvgIpc) is 2.88. The lowest BCUT2D eigenvalue weighted by Gasteiger charge is -2.19. The van der Waals surface area contributed by atoms with Gasteiger partial charge in [-0.3, -0.25) is 0 Å². The van der Waals surface area contributed by atoms with Gasteiger partial charge in [-0.2, -0.15) is 0 Å². The number of likely N-dealkylation sites (N-methyl/N-ethyl adjacent to an activating group) is 1. The predicted molar refractivity (Wildman–Crippen MR) is 84.2 cm³/mol. The van der Waals surface area contributed by atoms with E-state index in [1.807, 2.05) is 19.3 Å². The first-order chi connectivity index (χ1) is 9.65. The Hall–Kier alpha value is -1.32. The molecule has 2 rings (SSSR count). The van der Waals surface area contributed by atoms with Crippen molar-refractivity contribution in [2.75, 3.05) is 6.54 Å². The molecule has 0 amide bonds. The van der Waals surface area contributed by atoms with Gasteiger partial charge < -0.3 is 9.88 Å². The lowest BCUT2D eigenvalue weighted by atomic mass is 10.0. The van der Waals surface area contributed by atoms with E-state index in [4.69, 9.17) is 11.6 Å². The van der Waals surface area contributed by atoms with Crippen LogP contribution in [0.25, 0.3) is 0 Å². The lowest BCUT2D eigenvalue weighted by molar-refractivity contribution is 0.522. The standard InChI is InChI=1S/C16H22ClN3/c1-4-18-15(11-16-19-8-9-20(16)5-2)13-7-6-12(3)14(17)10-13/h6-10,15,18H,4-5,11H2,1-3H3. The van der Waals surface area contributed by atoms with Gasteiger partial charge in [-0.1, -0.05) is 30.7 Å². The number of aryl methyl sites for hydroxylation is 2. The van der Waals surface area contributed by atoms with E-state index < -0.39 is 0 Å². The molecule has 20 heavy (non-hydrogen) atoms. The Morgan fingerprint density at radius 1 is 1.35 bits per heavy atom. The van der Waals surface area contributed by atoms with Crippen LogP contribution in [0.4, 0.5) is 0 Å². The highest BCUT2D eigenvalue weighted by molar-refractivity contribution is 6.31. The van der Waals surface area contributed by atoms with Gasteiger partial charge in [0.2, 0.25) is 0 Å². The molecule has 0 saturated carbocycles. The van der Waals surface area contributed by atoms with E-state index in [1.165, 1.54) is 5.56 Å². The highest BCUT2D eigenvalue weighted by Gasteiger charge is 2.15. The molecule has 1 N–H and O–H groups in total. The minimum absolute atomic E-state index is 0.241. The van der Waals surface area contributed by atoms with E-state index in [9.17, 15) is 0 Å². The summed E-state index contributed by atoms with van der Waals surface area (Å²) in [5, 5.41) is 4.35. The van der Waals surface area contributed by atoms with Crippen LogP contribution in [0, 0.1) is 6.92 Å². The maximum absolute atomic E-state index is 6.25. The minimum Gasteiger partial charge on any atom is -0.335 e. The van der Waals surface area contributed by atoms with Gasteiger partial charge in [-0.15, -0.1) is 0 Å². The van der Waals surface area contributed by atoms with Crippen molar-refractivity contribution in [3.05, 3.63) is 52.6 Å². The number of rotatable bonds is 6. The summed E-state index contributed by atoms with van der Waals surface area (Å²) in [5.41, 5.74) is 2.33. The number of imidazole rings is 1. The van der Waals surface area contributed by atoms with Crippen LogP contribution in [0.5, 0.6) is 0 Å². The SMILES string of the molecule is CCNC(Cc1nccn1CC)c1ccc(C)c(Cl)c1. The van der Waals surface area contributed by atoms with Crippen LogP contribution in [0.1, 0.15) is 36.8 Å². The van der Waals surface area contributed by atoms with Gasteiger partial charge >= 0.3 is 0 Å². The fourth-order valence-electron chi connectivity index (χ4n) is 2.38. The van der Waals surface area contributed by atoms with E-state index in [0.29, 0.717) is 0 Å². The van der Waals surface area contributed by atoms with Crippen molar-refractivity contribution in [3.63, 3.8) is 0 Å². The van der Waals surface area contributed by atoms with Gasteiger partial charge in [-0.05, 0) is 37.6 Å². The van der Waals surface area contributed by atoms with Crippen molar-refractivity contribution in [3.8, 4) is 0 Å². The molecule has 1 heterocycles. The number of nitrogens with one attached hydrogen (secondary N) is 1. The molecule has 0 bridgehead atoms. The van der Waals surface area contributed by atoms with Crippen LogP contribution in [0.15, 0.2) is 30.6 Å². The van der Waals surface area contributed by atoms with Crippen LogP contribution in [0.3, 0.4) is 0 Å². The van der Waals surface area contributed by atoms with Gasteiger partial charge in [0.25, 0.3) is 0 Å². The number of nitrogens with zero attached hydrogens (tertiary/aromatic N) is 2. The zero-order valence-electron chi connectivity index (χ0n) is 12.4. The number of benzene rings is 1. The summed E-state index contributed by atoms with van der Waals surface area (Å²) in [6.45, 7) is 8.15. The quantitative estimate of drug-likeness (QED) is 0.878. The molecule has 0 fully saturated rings. The van der Waals surface area contributed by atoms with Crippen molar-refractivity contribution in [1.82, 2.24) is 14.9 Å². The van der Waals surface area contributed by atoms with Gasteiger partial charge in [0.1, 0.15) is 5.82 Å². The Kier molecular flexibility index (Phi) is 5.21. The second kappa shape index (κ2) is 6.91. The van der Waals surface area contributed by atoms with Crippen LogP contribution < -0.4 is 5.32 Å². The monoisotopic (exact) mass is 291 g/mol. The highest BCUT2D eigenvalue weighted by atomic mass is 35.5. The molecule has 1 aromatic heterocycles. The molecule has 4 heteroatoms. The molecular weight excluding hydrogens is 270 g/mol. The van der Waals surface area contributed by atoms with Crippen molar-refractivity contribution in [2.45, 2.75) is 39.8 Å². The first-order valence-corrected chi connectivity index (χ1v) is 7.53. The molecule has 0 saturated heterocycles. The molecule has 108 valence electrons. The minimum atomic E-state index is 0.241.